The Hall–Kier alpha value is -3.64. The van der Waals surface area contributed by atoms with Crippen LogP contribution in [0.5, 0.6) is 5.75 Å². The van der Waals surface area contributed by atoms with Crippen LogP contribution in [0.3, 0.4) is 0 Å². The lowest BCUT2D eigenvalue weighted by Gasteiger charge is -2.31. The summed E-state index contributed by atoms with van der Waals surface area (Å²) in [7, 11) is 0. The summed E-state index contributed by atoms with van der Waals surface area (Å²) in [5.74, 6) is 0.253. The maximum Gasteiger partial charge on any atom is 0.234 e. The van der Waals surface area contributed by atoms with Crippen LogP contribution in [0, 0.1) is 0 Å². The van der Waals surface area contributed by atoms with Crippen molar-refractivity contribution in [3.63, 3.8) is 0 Å². The Labute approximate surface area is 222 Å². The van der Waals surface area contributed by atoms with Gasteiger partial charge in [0.15, 0.2) is 0 Å². The number of pyridine rings is 1. The van der Waals surface area contributed by atoms with Crippen LogP contribution < -0.4 is 4.90 Å². The Morgan fingerprint density at radius 3 is 2.73 bits per heavy atom. The smallest absolute Gasteiger partial charge is 0.234 e. The summed E-state index contributed by atoms with van der Waals surface area (Å²) >= 11 is 6.34. The highest BCUT2D eigenvalue weighted by Crippen LogP contribution is 2.38. The molecule has 2 heterocycles. The number of aromatic nitrogens is 3. The SMILES string of the molecule is CC(C)c1ccc(N(Cc2cnn(Cc3ccccc3Cl)c2)C(=O)C2CCCc3c(O)cccc32)cn1. The summed E-state index contributed by atoms with van der Waals surface area (Å²) in [6.45, 7) is 5.12. The number of fused-ring (bicyclic) bond motifs is 1. The van der Waals surface area contributed by atoms with Crippen molar-refractivity contribution in [2.75, 3.05) is 4.90 Å². The number of hydrogen-bond donors (Lipinski definition) is 1. The van der Waals surface area contributed by atoms with Crippen molar-refractivity contribution in [3.8, 4) is 5.75 Å². The molecule has 5 rings (SSSR count). The van der Waals surface area contributed by atoms with Crippen LogP contribution in [0.2, 0.25) is 5.02 Å². The van der Waals surface area contributed by atoms with Crippen LogP contribution in [0.4, 0.5) is 5.69 Å². The van der Waals surface area contributed by atoms with E-state index in [1.54, 1.807) is 23.4 Å². The maximum atomic E-state index is 14.1. The zero-order valence-corrected chi connectivity index (χ0v) is 21.9. The summed E-state index contributed by atoms with van der Waals surface area (Å²) in [4.78, 5) is 20.5. The third-order valence-electron chi connectivity index (χ3n) is 7.04. The molecule has 37 heavy (non-hydrogen) atoms. The minimum Gasteiger partial charge on any atom is -0.508 e. The number of carbonyl (C=O) groups excluding carboxylic acids is 1. The number of nitrogens with zero attached hydrogens (tertiary/aromatic N) is 4. The molecule has 2 aromatic carbocycles. The molecule has 1 unspecified atom stereocenters. The molecule has 1 N–H and O–H groups in total. The molecule has 1 aliphatic rings. The fourth-order valence-electron chi connectivity index (χ4n) is 5.03. The number of phenolic OH excluding ortho intramolecular Hbond substituents is 1. The van der Waals surface area contributed by atoms with E-state index < -0.39 is 0 Å². The topological polar surface area (TPSA) is 71.2 Å². The van der Waals surface area contributed by atoms with Crippen molar-refractivity contribution in [3.05, 3.63) is 106 Å². The van der Waals surface area contributed by atoms with Gasteiger partial charge in [0.2, 0.25) is 5.91 Å². The minimum atomic E-state index is -0.321. The average molecular weight is 515 g/mol. The van der Waals surface area contributed by atoms with Crippen molar-refractivity contribution in [1.29, 1.82) is 0 Å². The van der Waals surface area contributed by atoms with E-state index in [2.05, 4.69) is 23.9 Å². The molecule has 2 aromatic heterocycles. The lowest BCUT2D eigenvalue weighted by molar-refractivity contribution is -0.120. The largest absolute Gasteiger partial charge is 0.508 e. The van der Waals surface area contributed by atoms with Gasteiger partial charge in [-0.3, -0.25) is 14.5 Å². The molecule has 0 aliphatic heterocycles. The van der Waals surface area contributed by atoms with E-state index >= 15 is 0 Å². The normalized spacial score (nSPS) is 15.0. The Kier molecular flexibility index (Phi) is 7.28. The number of hydrogen-bond acceptors (Lipinski definition) is 4. The van der Waals surface area contributed by atoms with Crippen LogP contribution in [0.25, 0.3) is 0 Å². The van der Waals surface area contributed by atoms with Gasteiger partial charge in [0.1, 0.15) is 5.75 Å². The molecule has 0 radical (unpaired) electrons. The van der Waals surface area contributed by atoms with Crippen LogP contribution in [0.1, 0.15) is 66.5 Å². The van der Waals surface area contributed by atoms with Crippen molar-refractivity contribution in [2.24, 2.45) is 0 Å². The fraction of sp³-hybridized carbons (Fsp3) is 0.300. The highest BCUT2D eigenvalue weighted by molar-refractivity contribution is 6.31. The van der Waals surface area contributed by atoms with Crippen LogP contribution in [-0.2, 0) is 24.3 Å². The number of rotatable bonds is 7. The standard InChI is InChI=1S/C30H31ClN4O2/c1-20(2)28-14-13-23(16-32-28)35(30(37)26-10-5-9-25-24(26)8-6-12-29(25)36)18-21-15-33-34(17-21)19-22-7-3-4-11-27(22)31/h3-4,6-8,11-17,20,26,36H,5,9-10,18-19H2,1-2H3. The molecule has 0 fully saturated rings. The number of phenols is 1. The fourth-order valence-corrected chi connectivity index (χ4v) is 5.22. The van der Waals surface area contributed by atoms with Crippen molar-refractivity contribution in [1.82, 2.24) is 14.8 Å². The van der Waals surface area contributed by atoms with E-state index in [1.807, 2.05) is 59.4 Å². The molecular formula is C30H31ClN4O2. The summed E-state index contributed by atoms with van der Waals surface area (Å²) in [5, 5.41) is 15.6. The average Bonchev–Trinajstić information content (AvgIpc) is 3.35. The van der Waals surface area contributed by atoms with Crippen molar-refractivity contribution in [2.45, 2.75) is 58.0 Å². The predicted octanol–water partition coefficient (Wildman–Crippen LogP) is 6.46. The molecule has 0 saturated heterocycles. The van der Waals surface area contributed by atoms with Gasteiger partial charge in [0, 0.05) is 22.5 Å². The molecular weight excluding hydrogens is 484 g/mol. The first-order valence-corrected chi connectivity index (χ1v) is 13.1. The number of carbonyl (C=O) groups is 1. The molecule has 0 bridgehead atoms. The second kappa shape index (κ2) is 10.8. The minimum absolute atomic E-state index is 0.00417. The Morgan fingerprint density at radius 2 is 1.97 bits per heavy atom. The quantitative estimate of drug-likeness (QED) is 0.307. The predicted molar refractivity (Wildman–Crippen MR) is 146 cm³/mol. The van der Waals surface area contributed by atoms with Gasteiger partial charge in [-0.05, 0) is 66.1 Å². The Bertz CT molecular complexity index is 1400. The van der Waals surface area contributed by atoms with Gasteiger partial charge in [-0.2, -0.15) is 5.10 Å². The first kappa shape index (κ1) is 25.0. The molecule has 1 aliphatic carbocycles. The Balaban J connectivity index is 1.45. The van der Waals surface area contributed by atoms with Gasteiger partial charge in [-0.25, -0.2) is 0 Å². The molecule has 6 nitrogen and oxygen atoms in total. The van der Waals surface area contributed by atoms with Gasteiger partial charge in [0.05, 0.1) is 37.1 Å². The summed E-state index contributed by atoms with van der Waals surface area (Å²) in [6, 6.07) is 17.2. The zero-order chi connectivity index (χ0) is 25.9. The molecule has 0 spiro atoms. The number of benzene rings is 2. The highest BCUT2D eigenvalue weighted by atomic mass is 35.5. The highest BCUT2D eigenvalue weighted by Gasteiger charge is 2.32. The first-order chi connectivity index (χ1) is 17.9. The summed E-state index contributed by atoms with van der Waals surface area (Å²) < 4.78 is 1.84. The van der Waals surface area contributed by atoms with Crippen LogP contribution >= 0.6 is 11.6 Å². The van der Waals surface area contributed by atoms with Gasteiger partial charge in [0.25, 0.3) is 0 Å². The number of anilines is 1. The second-order valence-electron chi connectivity index (χ2n) is 9.95. The van der Waals surface area contributed by atoms with Gasteiger partial charge in [-0.1, -0.05) is 55.8 Å². The van der Waals surface area contributed by atoms with Gasteiger partial charge in [-0.15, -0.1) is 0 Å². The van der Waals surface area contributed by atoms with Crippen molar-refractivity contribution < 1.29 is 9.90 Å². The van der Waals surface area contributed by atoms with E-state index in [9.17, 15) is 9.90 Å². The lowest BCUT2D eigenvalue weighted by atomic mass is 9.81. The number of aromatic hydroxyl groups is 1. The van der Waals surface area contributed by atoms with E-state index in [1.165, 1.54) is 0 Å². The monoisotopic (exact) mass is 514 g/mol. The molecule has 1 atom stereocenters. The van der Waals surface area contributed by atoms with Gasteiger partial charge >= 0.3 is 0 Å². The van der Waals surface area contributed by atoms with E-state index in [0.29, 0.717) is 24.0 Å². The van der Waals surface area contributed by atoms with Gasteiger partial charge < -0.3 is 10.0 Å². The lowest BCUT2D eigenvalue weighted by Crippen LogP contribution is -2.36. The van der Waals surface area contributed by atoms with E-state index in [0.717, 1.165) is 52.9 Å². The molecule has 4 aromatic rings. The third-order valence-corrected chi connectivity index (χ3v) is 7.41. The summed E-state index contributed by atoms with van der Waals surface area (Å²) in [6.07, 6.45) is 7.93. The molecule has 0 saturated carbocycles. The molecule has 190 valence electrons. The first-order valence-electron chi connectivity index (χ1n) is 12.7. The summed E-state index contributed by atoms with van der Waals surface area (Å²) in [5.41, 5.74) is 5.44. The number of halogens is 1. The maximum absolute atomic E-state index is 14.1. The number of amides is 1. The van der Waals surface area contributed by atoms with E-state index in [4.69, 9.17) is 11.6 Å². The van der Waals surface area contributed by atoms with E-state index in [-0.39, 0.29) is 17.6 Å². The Morgan fingerprint density at radius 1 is 1.14 bits per heavy atom. The van der Waals surface area contributed by atoms with Crippen molar-refractivity contribution >= 4 is 23.2 Å². The molecule has 7 heteroatoms. The molecule has 1 amide bonds. The van der Waals surface area contributed by atoms with Crippen LogP contribution in [0.15, 0.2) is 73.2 Å². The zero-order valence-electron chi connectivity index (χ0n) is 21.1. The third kappa shape index (κ3) is 5.39. The second-order valence-corrected chi connectivity index (χ2v) is 10.4. The van der Waals surface area contributed by atoms with Crippen LogP contribution in [-0.4, -0.2) is 25.8 Å².